The molecule has 326 valence electrons. The number of unbranched alkanes of at least 4 members (excludes halogenated alkanes) is 24. The molecular formula is C39H74O14S2. The summed E-state index contributed by atoms with van der Waals surface area (Å²) in [6.07, 6.45) is 20.2. The summed E-state index contributed by atoms with van der Waals surface area (Å²) in [7, 11) is -9.44. The zero-order valence-electron chi connectivity index (χ0n) is 34.0. The largest absolute Gasteiger partial charge is 0.463 e. The lowest BCUT2D eigenvalue weighted by molar-refractivity contribution is -0.291. The van der Waals surface area contributed by atoms with E-state index in [1.807, 2.05) is 0 Å². The van der Waals surface area contributed by atoms with Gasteiger partial charge in [-0.2, -0.15) is 16.8 Å². The molecule has 2 N–H and O–H groups in total. The summed E-state index contributed by atoms with van der Waals surface area (Å²) in [5.74, 6) is -1.40. The first-order valence-corrected chi connectivity index (χ1v) is 23.9. The molecule has 0 aromatic heterocycles. The molecule has 0 radical (unpaired) electrons. The van der Waals surface area contributed by atoms with Crippen LogP contribution in [0.25, 0.3) is 0 Å². The van der Waals surface area contributed by atoms with Crippen LogP contribution < -0.4 is 0 Å². The Morgan fingerprint density at radius 2 is 0.855 bits per heavy atom. The zero-order valence-corrected chi connectivity index (χ0v) is 35.6. The van der Waals surface area contributed by atoms with Gasteiger partial charge >= 0.3 is 32.7 Å². The van der Waals surface area contributed by atoms with Crippen LogP contribution in [0.2, 0.25) is 0 Å². The molecule has 1 aliphatic heterocycles. The number of hydrogen-bond acceptors (Lipinski definition) is 12. The van der Waals surface area contributed by atoms with Crippen LogP contribution in [-0.4, -0.2) is 82.3 Å². The normalized spacial score (nSPS) is 20.4. The van der Waals surface area contributed by atoms with Gasteiger partial charge in [-0.1, -0.05) is 168 Å². The monoisotopic (exact) mass is 830 g/mol. The van der Waals surface area contributed by atoms with Crippen LogP contribution in [0.3, 0.4) is 0 Å². The Morgan fingerprint density at radius 1 is 0.509 bits per heavy atom. The zero-order chi connectivity index (χ0) is 40.8. The van der Waals surface area contributed by atoms with Crippen LogP contribution in [-0.2, 0) is 57.7 Å². The molecule has 0 aliphatic carbocycles. The Morgan fingerprint density at radius 3 is 1.22 bits per heavy atom. The van der Waals surface area contributed by atoms with Gasteiger partial charge in [-0.05, 0) is 12.8 Å². The summed E-state index contributed by atoms with van der Waals surface area (Å²) in [6.45, 7) is 3.78. The van der Waals surface area contributed by atoms with Crippen molar-refractivity contribution in [2.75, 3.05) is 13.7 Å². The molecule has 55 heavy (non-hydrogen) atoms. The minimum absolute atomic E-state index is 0.0483. The molecule has 0 aromatic carbocycles. The number of ether oxygens (including phenoxy) is 4. The second-order valence-corrected chi connectivity index (χ2v) is 17.0. The molecule has 1 fully saturated rings. The molecule has 0 saturated carbocycles. The Hall–Kier alpha value is -1.40. The summed E-state index contributed by atoms with van der Waals surface area (Å²) in [5.41, 5.74) is 0. The first-order chi connectivity index (χ1) is 26.3. The second-order valence-electron chi connectivity index (χ2n) is 14.9. The topological polar surface area (TPSA) is 198 Å². The van der Waals surface area contributed by atoms with Crippen molar-refractivity contribution in [3.8, 4) is 0 Å². The number of hydrogen-bond donors (Lipinski definition) is 2. The minimum atomic E-state index is -5.31. The molecule has 0 spiro atoms. The van der Waals surface area contributed by atoms with Gasteiger partial charge in [0.2, 0.25) is 0 Å². The number of methoxy groups -OCH3 is 1. The lowest BCUT2D eigenvalue weighted by Crippen LogP contribution is -2.62. The van der Waals surface area contributed by atoms with E-state index in [9.17, 15) is 35.5 Å². The molecule has 1 aliphatic rings. The van der Waals surface area contributed by atoms with E-state index in [4.69, 9.17) is 27.3 Å². The third kappa shape index (κ3) is 27.8. The highest BCUT2D eigenvalue weighted by atomic mass is 32.3. The third-order valence-corrected chi connectivity index (χ3v) is 10.9. The average Bonchev–Trinajstić information content (AvgIpc) is 3.12. The molecule has 1 rings (SSSR count). The molecule has 0 unspecified atom stereocenters. The van der Waals surface area contributed by atoms with Gasteiger partial charge in [0.05, 0.1) is 0 Å². The SMILES string of the molecule is CCCCCCCCCCCCCCCC(=O)OC[C@H]1O[C@H](OC)[C@H](OC(=O)CCCCCCCCCCCCCCC)[C@@H](OS(=O)(=O)O)[C@H]1OS(=O)(=O)O. The second kappa shape index (κ2) is 31.6. The number of esters is 2. The Bertz CT molecular complexity index is 1200. The van der Waals surface area contributed by atoms with Crippen LogP contribution in [0.1, 0.15) is 194 Å². The fourth-order valence-corrected chi connectivity index (χ4v) is 7.88. The average molecular weight is 831 g/mol. The maximum Gasteiger partial charge on any atom is 0.397 e. The van der Waals surface area contributed by atoms with Gasteiger partial charge in [0, 0.05) is 20.0 Å². The van der Waals surface area contributed by atoms with Crippen molar-refractivity contribution >= 4 is 32.7 Å². The lowest BCUT2D eigenvalue weighted by Gasteiger charge is -2.43. The summed E-state index contributed by atoms with van der Waals surface area (Å²) in [5, 5.41) is 0. The van der Waals surface area contributed by atoms with Crippen LogP contribution in [0.4, 0.5) is 0 Å². The number of carbonyl (C=O) groups excluding carboxylic acids is 2. The van der Waals surface area contributed by atoms with E-state index < -0.39 is 70.0 Å². The highest BCUT2D eigenvalue weighted by Gasteiger charge is 2.53. The molecular weight excluding hydrogens is 757 g/mol. The summed E-state index contributed by atoms with van der Waals surface area (Å²) >= 11 is 0. The highest BCUT2D eigenvalue weighted by molar-refractivity contribution is 7.81. The summed E-state index contributed by atoms with van der Waals surface area (Å²) in [6, 6.07) is 0. The Labute approximate surface area is 332 Å². The molecule has 1 heterocycles. The summed E-state index contributed by atoms with van der Waals surface area (Å²) in [4.78, 5) is 25.4. The van der Waals surface area contributed by atoms with E-state index in [1.165, 1.54) is 103 Å². The van der Waals surface area contributed by atoms with Crippen LogP contribution in [0.5, 0.6) is 0 Å². The van der Waals surface area contributed by atoms with Crippen molar-refractivity contribution in [3.05, 3.63) is 0 Å². The molecule has 16 heteroatoms. The standard InChI is InChI=1S/C39H74O14S2/c1-4-6-8-10-12-14-16-18-20-22-24-26-28-30-34(40)49-32-33-36(52-54(42,43)44)37(53-55(45,46)47)38(39(48-3)50-33)51-35(41)31-29-27-25-23-21-19-17-15-13-11-9-7-5-2/h33,36-39H,4-32H2,1-3H3,(H,42,43,44)(H,45,46,47)/t33-,36+,37+,38-,39+/m1/s1. The third-order valence-electron chi connectivity index (χ3n) is 9.93. The maximum atomic E-state index is 12.9. The van der Waals surface area contributed by atoms with Crippen molar-refractivity contribution in [1.82, 2.24) is 0 Å². The fraction of sp³-hybridized carbons (Fsp3) is 0.949. The Balaban J connectivity index is 2.61. The molecule has 0 aromatic rings. The number of rotatable bonds is 36. The van der Waals surface area contributed by atoms with Gasteiger partial charge in [0.25, 0.3) is 0 Å². The highest BCUT2D eigenvalue weighted by Crippen LogP contribution is 2.31. The molecule has 0 amide bonds. The van der Waals surface area contributed by atoms with Crippen molar-refractivity contribution in [1.29, 1.82) is 0 Å². The van der Waals surface area contributed by atoms with E-state index in [0.717, 1.165) is 58.5 Å². The van der Waals surface area contributed by atoms with Crippen molar-refractivity contribution in [2.45, 2.75) is 224 Å². The number of carbonyl (C=O) groups is 2. The Kier molecular flexibility index (Phi) is 29.6. The predicted octanol–water partition coefficient (Wildman–Crippen LogP) is 9.15. The summed E-state index contributed by atoms with van der Waals surface area (Å²) < 4.78 is 97.7. The van der Waals surface area contributed by atoms with Gasteiger partial charge in [-0.15, -0.1) is 0 Å². The van der Waals surface area contributed by atoms with E-state index in [2.05, 4.69) is 13.8 Å². The molecule has 5 atom stereocenters. The van der Waals surface area contributed by atoms with Crippen molar-refractivity contribution < 1.29 is 62.8 Å². The first kappa shape index (κ1) is 51.6. The smallest absolute Gasteiger partial charge is 0.397 e. The van der Waals surface area contributed by atoms with Gasteiger partial charge in [-0.3, -0.25) is 18.7 Å². The molecule has 0 bridgehead atoms. The molecule has 1 saturated heterocycles. The quantitative estimate of drug-likeness (QED) is 0.0344. The fourth-order valence-electron chi connectivity index (χ4n) is 6.87. The van der Waals surface area contributed by atoms with Gasteiger partial charge in [-0.25, -0.2) is 8.37 Å². The van der Waals surface area contributed by atoms with E-state index in [1.54, 1.807) is 0 Å². The molecule has 14 nitrogen and oxygen atoms in total. The van der Waals surface area contributed by atoms with Crippen molar-refractivity contribution in [2.24, 2.45) is 0 Å². The van der Waals surface area contributed by atoms with Crippen LogP contribution >= 0.6 is 0 Å². The van der Waals surface area contributed by atoms with Gasteiger partial charge in [0.1, 0.15) is 18.8 Å². The van der Waals surface area contributed by atoms with E-state index in [-0.39, 0.29) is 12.8 Å². The van der Waals surface area contributed by atoms with Gasteiger partial charge < -0.3 is 18.9 Å². The van der Waals surface area contributed by atoms with Crippen LogP contribution in [0.15, 0.2) is 0 Å². The van der Waals surface area contributed by atoms with Crippen molar-refractivity contribution in [3.63, 3.8) is 0 Å². The van der Waals surface area contributed by atoms with E-state index in [0.29, 0.717) is 12.8 Å². The van der Waals surface area contributed by atoms with Crippen LogP contribution in [0, 0.1) is 0 Å². The lowest BCUT2D eigenvalue weighted by atomic mass is 9.99. The minimum Gasteiger partial charge on any atom is -0.463 e. The maximum absolute atomic E-state index is 12.9. The predicted molar refractivity (Wildman–Crippen MR) is 210 cm³/mol. The van der Waals surface area contributed by atoms with E-state index >= 15 is 0 Å². The van der Waals surface area contributed by atoms with Gasteiger partial charge in [0.15, 0.2) is 18.5 Å². The first-order valence-electron chi connectivity index (χ1n) is 21.2.